The van der Waals surface area contributed by atoms with E-state index in [0.717, 1.165) is 18.7 Å². The van der Waals surface area contributed by atoms with Gasteiger partial charge in [0, 0.05) is 30.9 Å². The lowest BCUT2D eigenvalue weighted by molar-refractivity contribution is -0.385. The highest BCUT2D eigenvalue weighted by Crippen LogP contribution is 2.30. The zero-order chi connectivity index (χ0) is 22.4. The predicted molar refractivity (Wildman–Crippen MR) is 119 cm³/mol. The number of hydrogen-bond acceptors (Lipinski definition) is 6. The van der Waals surface area contributed by atoms with Crippen LogP contribution in [0.3, 0.4) is 0 Å². The Labute approximate surface area is 182 Å². The van der Waals surface area contributed by atoms with Crippen molar-refractivity contribution in [2.24, 2.45) is 5.92 Å². The van der Waals surface area contributed by atoms with Crippen LogP contribution in [0.2, 0.25) is 0 Å². The number of ether oxygens (including phenoxy) is 2. The van der Waals surface area contributed by atoms with Gasteiger partial charge in [0.05, 0.1) is 18.1 Å². The molecule has 0 aliphatic carbocycles. The number of nitro groups is 1. The number of carbonyl (C=O) groups is 1. The van der Waals surface area contributed by atoms with Gasteiger partial charge in [-0.2, -0.15) is 0 Å². The van der Waals surface area contributed by atoms with Crippen LogP contribution >= 0.6 is 0 Å². The number of rotatable bonds is 8. The van der Waals surface area contributed by atoms with Crippen molar-refractivity contribution in [3.8, 4) is 11.5 Å². The Balaban J connectivity index is 1.53. The number of carbonyl (C=O) groups excluding carboxylic acids is 1. The fourth-order valence-electron chi connectivity index (χ4n) is 3.81. The molecule has 1 heterocycles. The molecule has 31 heavy (non-hydrogen) atoms. The lowest BCUT2D eigenvalue weighted by atomic mass is 9.99. The first-order chi connectivity index (χ1) is 14.9. The molecule has 2 unspecified atom stereocenters. The number of hydrogen-bond donors (Lipinski definition) is 1. The van der Waals surface area contributed by atoms with Crippen LogP contribution in [0.5, 0.6) is 11.5 Å². The van der Waals surface area contributed by atoms with Gasteiger partial charge in [-0.15, -0.1) is 0 Å². The van der Waals surface area contributed by atoms with Crippen molar-refractivity contribution in [3.05, 3.63) is 58.1 Å². The standard InChI is InChI=1S/C23H29N3O5/c1-16-5-4-12-25(14-16)19-8-6-18(7-9-19)17(2)24-23(27)15-31-20-10-11-21(26(28)29)22(13-20)30-3/h6-11,13,16-17H,4-5,12,14-15H2,1-3H3,(H,24,27). The first-order valence-corrected chi connectivity index (χ1v) is 10.5. The molecule has 1 fully saturated rings. The van der Waals surface area contributed by atoms with E-state index in [1.54, 1.807) is 0 Å². The summed E-state index contributed by atoms with van der Waals surface area (Å²) in [5.74, 6) is 0.839. The first-order valence-electron chi connectivity index (χ1n) is 10.5. The number of piperidine rings is 1. The Morgan fingerprint density at radius 3 is 2.68 bits per heavy atom. The third-order valence-electron chi connectivity index (χ3n) is 5.51. The minimum Gasteiger partial charge on any atom is -0.490 e. The van der Waals surface area contributed by atoms with Crippen LogP contribution in [-0.2, 0) is 4.79 Å². The maximum absolute atomic E-state index is 12.3. The summed E-state index contributed by atoms with van der Waals surface area (Å²) < 4.78 is 10.5. The normalized spacial score (nSPS) is 17.0. The summed E-state index contributed by atoms with van der Waals surface area (Å²) in [6.07, 6.45) is 2.50. The molecule has 2 atom stereocenters. The monoisotopic (exact) mass is 427 g/mol. The molecule has 2 aromatic rings. The summed E-state index contributed by atoms with van der Waals surface area (Å²) >= 11 is 0. The van der Waals surface area contributed by atoms with E-state index in [2.05, 4.69) is 29.3 Å². The quantitative estimate of drug-likeness (QED) is 0.504. The maximum atomic E-state index is 12.3. The third kappa shape index (κ3) is 5.87. The fourth-order valence-corrected chi connectivity index (χ4v) is 3.81. The lowest BCUT2D eigenvalue weighted by Crippen LogP contribution is -2.34. The van der Waals surface area contributed by atoms with Gasteiger partial charge in [0.25, 0.3) is 5.91 Å². The van der Waals surface area contributed by atoms with Gasteiger partial charge >= 0.3 is 5.69 Å². The summed E-state index contributed by atoms with van der Waals surface area (Å²) in [7, 11) is 1.34. The number of benzene rings is 2. The highest BCUT2D eigenvalue weighted by Gasteiger charge is 2.18. The Bertz CT molecular complexity index is 916. The molecular formula is C23H29N3O5. The summed E-state index contributed by atoms with van der Waals surface area (Å²) in [5, 5.41) is 13.9. The summed E-state index contributed by atoms with van der Waals surface area (Å²) in [6, 6.07) is 12.3. The minimum atomic E-state index is -0.534. The van der Waals surface area contributed by atoms with E-state index in [1.165, 1.54) is 43.8 Å². The number of nitrogens with zero attached hydrogens (tertiary/aromatic N) is 2. The zero-order valence-electron chi connectivity index (χ0n) is 18.2. The van der Waals surface area contributed by atoms with E-state index < -0.39 is 4.92 Å². The van der Waals surface area contributed by atoms with E-state index in [-0.39, 0.29) is 30.0 Å². The van der Waals surface area contributed by atoms with Crippen molar-refractivity contribution in [3.63, 3.8) is 0 Å². The van der Waals surface area contributed by atoms with Gasteiger partial charge in [-0.1, -0.05) is 19.1 Å². The average Bonchev–Trinajstić information content (AvgIpc) is 2.77. The molecule has 166 valence electrons. The van der Waals surface area contributed by atoms with Crippen molar-refractivity contribution in [2.75, 3.05) is 31.7 Å². The van der Waals surface area contributed by atoms with Crippen LogP contribution in [0, 0.1) is 16.0 Å². The lowest BCUT2D eigenvalue weighted by Gasteiger charge is -2.33. The zero-order valence-corrected chi connectivity index (χ0v) is 18.2. The molecule has 1 aliphatic rings. The first kappa shape index (κ1) is 22.4. The number of methoxy groups -OCH3 is 1. The maximum Gasteiger partial charge on any atom is 0.311 e. The Morgan fingerprint density at radius 1 is 1.29 bits per heavy atom. The molecule has 0 bridgehead atoms. The molecular weight excluding hydrogens is 398 g/mol. The van der Waals surface area contributed by atoms with Crippen molar-refractivity contribution in [2.45, 2.75) is 32.7 Å². The van der Waals surface area contributed by atoms with Gasteiger partial charge in [-0.05, 0) is 49.4 Å². The highest BCUT2D eigenvalue weighted by atomic mass is 16.6. The molecule has 1 aliphatic heterocycles. The van der Waals surface area contributed by atoms with Gasteiger partial charge < -0.3 is 19.7 Å². The van der Waals surface area contributed by atoms with Crippen LogP contribution < -0.4 is 19.7 Å². The van der Waals surface area contributed by atoms with Crippen molar-refractivity contribution >= 4 is 17.3 Å². The summed E-state index contributed by atoms with van der Waals surface area (Å²) in [4.78, 5) is 25.1. The number of nitro benzene ring substituents is 1. The van der Waals surface area contributed by atoms with Crippen molar-refractivity contribution < 1.29 is 19.2 Å². The van der Waals surface area contributed by atoms with Gasteiger partial charge in [-0.3, -0.25) is 14.9 Å². The van der Waals surface area contributed by atoms with Crippen LogP contribution in [0.1, 0.15) is 38.3 Å². The van der Waals surface area contributed by atoms with E-state index in [1.807, 2.05) is 19.1 Å². The highest BCUT2D eigenvalue weighted by molar-refractivity contribution is 5.78. The van der Waals surface area contributed by atoms with Gasteiger partial charge in [0.1, 0.15) is 5.75 Å². The molecule has 0 radical (unpaired) electrons. The van der Waals surface area contributed by atoms with E-state index in [9.17, 15) is 14.9 Å². The second-order valence-corrected chi connectivity index (χ2v) is 7.95. The smallest absolute Gasteiger partial charge is 0.311 e. The molecule has 8 nitrogen and oxygen atoms in total. The van der Waals surface area contributed by atoms with E-state index in [0.29, 0.717) is 11.7 Å². The SMILES string of the molecule is COc1cc(OCC(=O)NC(C)c2ccc(N3CCCC(C)C3)cc2)ccc1[N+](=O)[O-]. The van der Waals surface area contributed by atoms with Gasteiger partial charge in [-0.25, -0.2) is 0 Å². The van der Waals surface area contributed by atoms with Crippen LogP contribution in [0.4, 0.5) is 11.4 Å². The number of anilines is 1. The minimum absolute atomic E-state index is 0.0828. The average molecular weight is 428 g/mol. The Kier molecular flexibility index (Phi) is 7.33. The van der Waals surface area contributed by atoms with Gasteiger partial charge in [0.15, 0.2) is 6.61 Å². The molecule has 2 aromatic carbocycles. The predicted octanol–water partition coefficient (Wildman–Crippen LogP) is 4.10. The van der Waals surface area contributed by atoms with Crippen LogP contribution in [0.25, 0.3) is 0 Å². The molecule has 1 amide bonds. The molecule has 1 N–H and O–H groups in total. The third-order valence-corrected chi connectivity index (χ3v) is 5.51. The topological polar surface area (TPSA) is 93.9 Å². The molecule has 1 saturated heterocycles. The van der Waals surface area contributed by atoms with E-state index >= 15 is 0 Å². The second kappa shape index (κ2) is 10.1. The Hall–Kier alpha value is -3.29. The molecule has 8 heteroatoms. The van der Waals surface area contributed by atoms with Crippen LogP contribution in [0.15, 0.2) is 42.5 Å². The molecule has 0 saturated carbocycles. The van der Waals surface area contributed by atoms with Crippen LogP contribution in [-0.4, -0.2) is 37.6 Å². The molecule has 0 spiro atoms. The fraction of sp³-hybridized carbons (Fsp3) is 0.435. The largest absolute Gasteiger partial charge is 0.490 e. The Morgan fingerprint density at radius 2 is 2.03 bits per heavy atom. The summed E-state index contributed by atoms with van der Waals surface area (Å²) in [6.45, 7) is 6.17. The van der Waals surface area contributed by atoms with E-state index in [4.69, 9.17) is 9.47 Å². The number of amides is 1. The van der Waals surface area contributed by atoms with Gasteiger partial charge in [0.2, 0.25) is 5.75 Å². The summed E-state index contributed by atoms with van der Waals surface area (Å²) in [5.41, 5.74) is 2.07. The second-order valence-electron chi connectivity index (χ2n) is 7.95. The van der Waals surface area contributed by atoms with Crippen molar-refractivity contribution in [1.82, 2.24) is 5.32 Å². The number of nitrogens with one attached hydrogen (secondary N) is 1. The molecule has 3 rings (SSSR count). The molecule has 0 aromatic heterocycles. The van der Waals surface area contributed by atoms with Crippen molar-refractivity contribution in [1.29, 1.82) is 0 Å².